The Hall–Kier alpha value is -2.65. The predicted molar refractivity (Wildman–Crippen MR) is 92.8 cm³/mol. The highest BCUT2D eigenvalue weighted by Crippen LogP contribution is 2.16. The molecule has 0 spiro atoms. The number of hydrogen-bond acceptors (Lipinski definition) is 6. The van der Waals surface area contributed by atoms with Crippen molar-refractivity contribution in [3.8, 4) is 0 Å². The van der Waals surface area contributed by atoms with Gasteiger partial charge in [0.15, 0.2) is 6.61 Å². The summed E-state index contributed by atoms with van der Waals surface area (Å²) in [6.07, 6.45) is 0. The van der Waals surface area contributed by atoms with Crippen LogP contribution in [0, 0.1) is 13.8 Å². The van der Waals surface area contributed by atoms with Crippen LogP contribution in [-0.4, -0.2) is 26.9 Å². The Morgan fingerprint density at radius 1 is 1.23 bits per heavy atom. The third-order valence-electron chi connectivity index (χ3n) is 3.68. The Kier molecular flexibility index (Phi) is 5.83. The number of rotatable bonds is 6. The van der Waals surface area contributed by atoms with Gasteiger partial charge in [0.05, 0.1) is 10.9 Å². The number of esters is 1. The maximum Gasteiger partial charge on any atom is 0.342 e. The minimum atomic E-state index is -3.77. The molecule has 8 nitrogen and oxygen atoms in total. The number of sulfonamides is 1. The number of nitrogens with two attached hydrogens (primary N) is 1. The van der Waals surface area contributed by atoms with Crippen molar-refractivity contribution in [3.63, 3.8) is 0 Å². The van der Waals surface area contributed by atoms with Crippen molar-refractivity contribution in [3.05, 3.63) is 53.0 Å². The monoisotopic (exact) mass is 380 g/mol. The molecule has 1 atom stereocenters. The van der Waals surface area contributed by atoms with Gasteiger partial charge in [0.1, 0.15) is 17.1 Å². The standard InChI is InChI=1S/C17H20N2O6S/c1-10-8-15(12(3)25-10)17(21)24-9-16(20)19-11(2)13-4-6-14(7-5-13)26(18,22)23/h4-8,11H,9H2,1-3H3,(H,19,20)(H2,18,22,23)/t11-/m1/s1. The van der Waals surface area contributed by atoms with Crippen molar-refractivity contribution in [2.24, 2.45) is 5.14 Å². The highest BCUT2D eigenvalue weighted by atomic mass is 32.2. The van der Waals surface area contributed by atoms with Crippen molar-refractivity contribution in [1.82, 2.24) is 5.32 Å². The van der Waals surface area contributed by atoms with Gasteiger partial charge in [-0.15, -0.1) is 0 Å². The molecular formula is C17H20N2O6S. The van der Waals surface area contributed by atoms with Gasteiger partial charge < -0.3 is 14.5 Å². The predicted octanol–water partition coefficient (Wildman–Crippen LogP) is 1.58. The second kappa shape index (κ2) is 7.71. The van der Waals surface area contributed by atoms with Crippen LogP contribution >= 0.6 is 0 Å². The number of benzene rings is 1. The number of aryl methyl sites for hydroxylation is 2. The number of amides is 1. The van der Waals surface area contributed by atoms with Crippen molar-refractivity contribution >= 4 is 21.9 Å². The first-order valence-corrected chi connectivity index (χ1v) is 9.29. The van der Waals surface area contributed by atoms with E-state index in [0.29, 0.717) is 17.1 Å². The first-order chi connectivity index (χ1) is 12.1. The summed E-state index contributed by atoms with van der Waals surface area (Å²) in [6.45, 7) is 4.62. The molecule has 26 heavy (non-hydrogen) atoms. The zero-order chi connectivity index (χ0) is 19.5. The molecule has 0 saturated heterocycles. The SMILES string of the molecule is Cc1cc(C(=O)OCC(=O)N[C@H](C)c2ccc(S(N)(=O)=O)cc2)c(C)o1. The summed E-state index contributed by atoms with van der Waals surface area (Å²) in [5.74, 6) is -0.120. The van der Waals surface area contributed by atoms with Crippen LogP contribution in [0.1, 0.15) is 40.4 Å². The molecule has 0 fully saturated rings. The van der Waals surface area contributed by atoms with E-state index in [4.69, 9.17) is 14.3 Å². The van der Waals surface area contributed by atoms with E-state index in [9.17, 15) is 18.0 Å². The number of hydrogen-bond donors (Lipinski definition) is 2. The van der Waals surface area contributed by atoms with E-state index < -0.39 is 34.5 Å². The lowest BCUT2D eigenvalue weighted by atomic mass is 10.1. The molecule has 3 N–H and O–H groups in total. The molecule has 1 aromatic carbocycles. The molecule has 1 heterocycles. The molecule has 0 bridgehead atoms. The first kappa shape index (κ1) is 19.7. The molecular weight excluding hydrogens is 360 g/mol. The smallest absolute Gasteiger partial charge is 0.342 e. The highest BCUT2D eigenvalue weighted by molar-refractivity contribution is 7.89. The van der Waals surface area contributed by atoms with Crippen LogP contribution in [0.3, 0.4) is 0 Å². The molecule has 0 aliphatic rings. The van der Waals surface area contributed by atoms with Gasteiger partial charge in [-0.05, 0) is 44.5 Å². The molecule has 0 radical (unpaired) electrons. The van der Waals surface area contributed by atoms with Crippen LogP contribution in [0.5, 0.6) is 0 Å². The summed E-state index contributed by atoms with van der Waals surface area (Å²) in [5, 5.41) is 7.70. The van der Waals surface area contributed by atoms with Crippen LogP contribution < -0.4 is 10.5 Å². The largest absolute Gasteiger partial charge is 0.466 e. The number of carbonyl (C=O) groups excluding carboxylic acids is 2. The minimum Gasteiger partial charge on any atom is -0.466 e. The lowest BCUT2D eigenvalue weighted by Crippen LogP contribution is -2.31. The number of primary sulfonamides is 1. The van der Waals surface area contributed by atoms with Crippen LogP contribution in [0.15, 0.2) is 39.6 Å². The number of furan rings is 1. The van der Waals surface area contributed by atoms with E-state index in [2.05, 4.69) is 5.32 Å². The quantitative estimate of drug-likeness (QED) is 0.732. The molecule has 0 unspecified atom stereocenters. The fourth-order valence-corrected chi connectivity index (χ4v) is 2.87. The van der Waals surface area contributed by atoms with E-state index in [-0.39, 0.29) is 10.5 Å². The summed E-state index contributed by atoms with van der Waals surface area (Å²) in [5.41, 5.74) is 0.959. The molecule has 9 heteroatoms. The maximum absolute atomic E-state index is 12.0. The van der Waals surface area contributed by atoms with Gasteiger partial charge in [0.2, 0.25) is 10.0 Å². The topological polar surface area (TPSA) is 129 Å². The Morgan fingerprint density at radius 3 is 2.35 bits per heavy atom. The summed E-state index contributed by atoms with van der Waals surface area (Å²) < 4.78 is 32.7. The second-order valence-corrected chi connectivity index (χ2v) is 7.37. The Bertz CT molecular complexity index is 915. The third kappa shape index (κ3) is 4.93. The van der Waals surface area contributed by atoms with Gasteiger partial charge in [-0.1, -0.05) is 12.1 Å². The summed E-state index contributed by atoms with van der Waals surface area (Å²) in [6, 6.07) is 6.96. The molecule has 0 saturated carbocycles. The van der Waals surface area contributed by atoms with E-state index >= 15 is 0 Å². The summed E-state index contributed by atoms with van der Waals surface area (Å²) in [4.78, 5) is 23.9. The molecule has 1 aromatic heterocycles. The zero-order valence-electron chi connectivity index (χ0n) is 14.6. The Labute approximate surface area is 151 Å². The van der Waals surface area contributed by atoms with Crippen molar-refractivity contribution < 1.29 is 27.2 Å². The molecule has 2 rings (SSSR count). The zero-order valence-corrected chi connectivity index (χ0v) is 15.4. The van der Waals surface area contributed by atoms with E-state index in [1.54, 1.807) is 39.0 Å². The van der Waals surface area contributed by atoms with Crippen LogP contribution in [0.4, 0.5) is 0 Å². The second-order valence-electron chi connectivity index (χ2n) is 5.81. The van der Waals surface area contributed by atoms with Gasteiger partial charge in [-0.2, -0.15) is 0 Å². The molecule has 1 amide bonds. The molecule has 2 aromatic rings. The van der Waals surface area contributed by atoms with Crippen LogP contribution in [0.2, 0.25) is 0 Å². The van der Waals surface area contributed by atoms with Crippen molar-refractivity contribution in [1.29, 1.82) is 0 Å². The van der Waals surface area contributed by atoms with Crippen LogP contribution in [0.25, 0.3) is 0 Å². The number of carbonyl (C=O) groups is 2. The van der Waals surface area contributed by atoms with E-state index in [1.807, 2.05) is 0 Å². The fraction of sp³-hybridized carbons (Fsp3) is 0.294. The fourth-order valence-electron chi connectivity index (χ4n) is 2.35. The third-order valence-corrected chi connectivity index (χ3v) is 4.61. The highest BCUT2D eigenvalue weighted by Gasteiger charge is 2.17. The average Bonchev–Trinajstić information content (AvgIpc) is 2.90. The average molecular weight is 380 g/mol. The number of ether oxygens (including phenoxy) is 1. The molecule has 0 aliphatic heterocycles. The van der Waals surface area contributed by atoms with Gasteiger partial charge >= 0.3 is 5.97 Å². The van der Waals surface area contributed by atoms with Crippen molar-refractivity contribution in [2.45, 2.75) is 31.7 Å². The van der Waals surface area contributed by atoms with E-state index in [0.717, 1.165) is 0 Å². The molecule has 140 valence electrons. The lowest BCUT2D eigenvalue weighted by Gasteiger charge is -2.14. The lowest BCUT2D eigenvalue weighted by molar-refractivity contribution is -0.124. The normalized spacial score (nSPS) is 12.5. The van der Waals surface area contributed by atoms with Gasteiger partial charge in [-0.25, -0.2) is 18.4 Å². The van der Waals surface area contributed by atoms with Gasteiger partial charge in [-0.3, -0.25) is 4.79 Å². The number of nitrogens with one attached hydrogen (secondary N) is 1. The van der Waals surface area contributed by atoms with Crippen molar-refractivity contribution in [2.75, 3.05) is 6.61 Å². The van der Waals surface area contributed by atoms with Gasteiger partial charge in [0, 0.05) is 0 Å². The Morgan fingerprint density at radius 2 is 1.85 bits per heavy atom. The minimum absolute atomic E-state index is 0.0144. The Balaban J connectivity index is 1.91. The molecule has 0 aliphatic carbocycles. The van der Waals surface area contributed by atoms with E-state index in [1.165, 1.54) is 12.1 Å². The summed E-state index contributed by atoms with van der Waals surface area (Å²) in [7, 11) is -3.77. The first-order valence-electron chi connectivity index (χ1n) is 7.74. The maximum atomic E-state index is 12.0. The van der Waals surface area contributed by atoms with Crippen LogP contribution in [-0.2, 0) is 19.6 Å². The van der Waals surface area contributed by atoms with Gasteiger partial charge in [0.25, 0.3) is 5.91 Å². The summed E-state index contributed by atoms with van der Waals surface area (Å²) >= 11 is 0.